The maximum atomic E-state index is 13.1. The van der Waals surface area contributed by atoms with Crippen LogP contribution >= 0.6 is 0 Å². The molecule has 0 N–H and O–H groups in total. The van der Waals surface area contributed by atoms with Crippen LogP contribution < -0.4 is 4.74 Å². The number of carbonyl (C=O) groups is 1. The summed E-state index contributed by atoms with van der Waals surface area (Å²) in [5.74, 6) is 0.467. The molecule has 2 rings (SSSR count). The van der Waals surface area contributed by atoms with Crippen LogP contribution in [0, 0.1) is 5.92 Å². The second-order valence-electron chi connectivity index (χ2n) is 7.06. The lowest BCUT2D eigenvalue weighted by molar-refractivity contribution is -0.102. The molecule has 1 heterocycles. The minimum atomic E-state index is -0.353. The molecule has 1 aliphatic heterocycles. The molecule has 3 atom stereocenters. The number of fused-ring (bicyclic) bond motifs is 1. The Hall–Kier alpha value is -2.11. The number of esters is 1. The number of ether oxygens (including phenoxy) is 4. The van der Waals surface area contributed by atoms with Gasteiger partial charge in [0.1, 0.15) is 24.2 Å². The van der Waals surface area contributed by atoms with E-state index in [2.05, 4.69) is 19.1 Å². The Morgan fingerprint density at radius 1 is 1.25 bits per heavy atom. The van der Waals surface area contributed by atoms with Gasteiger partial charge in [-0.2, -0.15) is 0 Å². The van der Waals surface area contributed by atoms with Crippen molar-refractivity contribution in [1.29, 1.82) is 0 Å². The Morgan fingerprint density at radius 2 is 2.07 bits per heavy atom. The van der Waals surface area contributed by atoms with E-state index in [9.17, 15) is 4.79 Å². The predicted octanol–water partition coefficient (Wildman–Crippen LogP) is 4.70. The van der Waals surface area contributed by atoms with Gasteiger partial charge in [-0.05, 0) is 37.3 Å². The molecular formula is C23H32O5. The van der Waals surface area contributed by atoms with E-state index in [-0.39, 0.29) is 30.9 Å². The quantitative estimate of drug-likeness (QED) is 0.401. The predicted molar refractivity (Wildman–Crippen MR) is 110 cm³/mol. The first-order chi connectivity index (χ1) is 13.6. The van der Waals surface area contributed by atoms with Crippen LogP contribution in [0.4, 0.5) is 0 Å². The summed E-state index contributed by atoms with van der Waals surface area (Å²) in [5.41, 5.74) is 1.41. The summed E-state index contributed by atoms with van der Waals surface area (Å²) < 4.78 is 22.4. The average Bonchev–Trinajstić information content (AvgIpc) is 2.70. The van der Waals surface area contributed by atoms with E-state index >= 15 is 0 Å². The molecule has 5 heteroatoms. The van der Waals surface area contributed by atoms with Crippen molar-refractivity contribution in [2.75, 3.05) is 21.0 Å². The molecule has 0 amide bonds. The first kappa shape index (κ1) is 22.2. The summed E-state index contributed by atoms with van der Waals surface area (Å²) in [6, 6.07) is 5.65. The summed E-state index contributed by atoms with van der Waals surface area (Å²) in [7, 11) is 3.18. The molecule has 0 unspecified atom stereocenters. The molecule has 0 saturated heterocycles. The van der Waals surface area contributed by atoms with Gasteiger partial charge in [-0.3, -0.25) is 0 Å². The molecule has 0 radical (unpaired) electrons. The zero-order valence-electron chi connectivity index (χ0n) is 17.4. The molecule has 5 nitrogen and oxygen atoms in total. The van der Waals surface area contributed by atoms with Crippen molar-refractivity contribution in [3.8, 4) is 5.75 Å². The zero-order valence-corrected chi connectivity index (χ0v) is 17.4. The second kappa shape index (κ2) is 11.7. The first-order valence-electron chi connectivity index (χ1n) is 9.84. The van der Waals surface area contributed by atoms with Gasteiger partial charge in [0.15, 0.2) is 0 Å². The number of rotatable bonds is 6. The molecule has 1 aromatic carbocycles. The van der Waals surface area contributed by atoms with Gasteiger partial charge in [-0.15, -0.1) is 0 Å². The molecule has 0 spiro atoms. The van der Waals surface area contributed by atoms with E-state index in [4.69, 9.17) is 18.9 Å². The highest BCUT2D eigenvalue weighted by atomic mass is 16.7. The van der Waals surface area contributed by atoms with Gasteiger partial charge in [-0.25, -0.2) is 4.79 Å². The fourth-order valence-corrected chi connectivity index (χ4v) is 3.39. The largest absolute Gasteiger partial charge is 0.496 e. The Balaban J connectivity index is 2.37. The monoisotopic (exact) mass is 388 g/mol. The Labute approximate surface area is 168 Å². The minimum absolute atomic E-state index is 0.0655. The zero-order chi connectivity index (χ0) is 20.4. The van der Waals surface area contributed by atoms with E-state index in [0.717, 1.165) is 12.0 Å². The van der Waals surface area contributed by atoms with E-state index < -0.39 is 0 Å². The number of hydrogen-bond acceptors (Lipinski definition) is 5. The van der Waals surface area contributed by atoms with E-state index in [1.165, 1.54) is 0 Å². The lowest BCUT2D eigenvalue weighted by Gasteiger charge is -2.28. The highest BCUT2D eigenvalue weighted by Gasteiger charge is 2.27. The molecule has 0 aromatic heterocycles. The third-order valence-corrected chi connectivity index (χ3v) is 4.99. The number of hydrogen-bond donors (Lipinski definition) is 0. The molecule has 0 saturated carbocycles. The van der Waals surface area contributed by atoms with Crippen molar-refractivity contribution in [2.24, 2.45) is 5.92 Å². The van der Waals surface area contributed by atoms with Crippen LogP contribution in [-0.2, 0) is 20.6 Å². The smallest absolute Gasteiger partial charge is 0.342 e. The van der Waals surface area contributed by atoms with Crippen LogP contribution in [0.3, 0.4) is 0 Å². The summed E-state index contributed by atoms with van der Waals surface area (Å²) in [6.07, 6.45) is 10.7. The van der Waals surface area contributed by atoms with Crippen LogP contribution in [0.1, 0.15) is 49.0 Å². The van der Waals surface area contributed by atoms with E-state index in [0.29, 0.717) is 30.6 Å². The highest BCUT2D eigenvalue weighted by Crippen LogP contribution is 2.28. The second-order valence-corrected chi connectivity index (χ2v) is 7.06. The molecule has 1 aromatic rings. The van der Waals surface area contributed by atoms with Crippen molar-refractivity contribution < 1.29 is 23.7 Å². The van der Waals surface area contributed by atoms with Gasteiger partial charge in [0.25, 0.3) is 0 Å². The maximum absolute atomic E-state index is 13.1. The Morgan fingerprint density at radius 3 is 2.79 bits per heavy atom. The van der Waals surface area contributed by atoms with Crippen molar-refractivity contribution in [3.05, 3.63) is 53.6 Å². The summed E-state index contributed by atoms with van der Waals surface area (Å²) in [5, 5.41) is 0. The minimum Gasteiger partial charge on any atom is -0.496 e. The average molecular weight is 389 g/mol. The molecule has 0 fully saturated rings. The summed E-state index contributed by atoms with van der Waals surface area (Å²) in [6.45, 7) is 4.34. The van der Waals surface area contributed by atoms with E-state index in [1.54, 1.807) is 20.3 Å². The van der Waals surface area contributed by atoms with Crippen molar-refractivity contribution in [2.45, 2.75) is 51.7 Å². The van der Waals surface area contributed by atoms with Crippen molar-refractivity contribution in [3.63, 3.8) is 0 Å². The Bertz CT molecular complexity index is 680. The summed E-state index contributed by atoms with van der Waals surface area (Å²) in [4.78, 5) is 13.1. The number of carbonyl (C=O) groups excluding carboxylic acids is 1. The third-order valence-electron chi connectivity index (χ3n) is 4.99. The van der Waals surface area contributed by atoms with Gasteiger partial charge in [-0.1, -0.05) is 43.4 Å². The van der Waals surface area contributed by atoms with Gasteiger partial charge in [0, 0.05) is 20.0 Å². The molecule has 1 aliphatic rings. The van der Waals surface area contributed by atoms with Crippen LogP contribution in [0.15, 0.2) is 42.5 Å². The standard InChI is InChI=1S/C23H32O5/c1-5-6-13-19-15-21(27-16-25-3)17(2)10-7-8-11-18-12-9-14-20(26-4)22(18)23(24)28-19/h5-9,12,14,17,19,21H,10-11,13,15-16H2,1-4H3/b6-5+,8-7+/t17-,19-,21+/m0/s1. The maximum Gasteiger partial charge on any atom is 0.342 e. The van der Waals surface area contributed by atoms with Crippen LogP contribution in [-0.4, -0.2) is 39.2 Å². The van der Waals surface area contributed by atoms with Gasteiger partial charge < -0.3 is 18.9 Å². The lowest BCUT2D eigenvalue weighted by Crippen LogP contribution is -2.31. The number of methoxy groups -OCH3 is 2. The van der Waals surface area contributed by atoms with Crippen molar-refractivity contribution in [1.82, 2.24) is 0 Å². The lowest BCUT2D eigenvalue weighted by atomic mass is 9.93. The molecule has 0 aliphatic carbocycles. The van der Waals surface area contributed by atoms with Gasteiger partial charge >= 0.3 is 5.97 Å². The van der Waals surface area contributed by atoms with Gasteiger partial charge in [0.2, 0.25) is 0 Å². The Kier molecular flexibility index (Phi) is 9.24. The topological polar surface area (TPSA) is 54.0 Å². The van der Waals surface area contributed by atoms with Crippen LogP contribution in [0.25, 0.3) is 0 Å². The van der Waals surface area contributed by atoms with E-state index in [1.807, 2.05) is 31.2 Å². The molecular weight excluding hydrogens is 356 g/mol. The SMILES string of the molecule is C/C=C/C[C@H]1C[C@@H](OCOC)[C@@H](C)C/C=C/Cc2cccc(OC)c2C(=O)O1. The number of cyclic esters (lactones) is 1. The third kappa shape index (κ3) is 6.21. The number of benzene rings is 1. The molecule has 154 valence electrons. The first-order valence-corrected chi connectivity index (χ1v) is 9.84. The number of allylic oxidation sites excluding steroid dienone is 3. The van der Waals surface area contributed by atoms with Crippen LogP contribution in [0.2, 0.25) is 0 Å². The molecule has 28 heavy (non-hydrogen) atoms. The highest BCUT2D eigenvalue weighted by molar-refractivity contribution is 5.94. The van der Waals surface area contributed by atoms with Crippen molar-refractivity contribution >= 4 is 5.97 Å². The van der Waals surface area contributed by atoms with Gasteiger partial charge in [0.05, 0.1) is 13.2 Å². The fourth-order valence-electron chi connectivity index (χ4n) is 3.39. The fraction of sp³-hybridized carbons (Fsp3) is 0.522. The van der Waals surface area contributed by atoms with Crippen LogP contribution in [0.5, 0.6) is 5.75 Å². The normalized spacial score (nSPS) is 24.7. The summed E-state index contributed by atoms with van der Waals surface area (Å²) >= 11 is 0. The molecule has 0 bridgehead atoms.